The molecule has 0 unspecified atom stereocenters. The maximum atomic E-state index is 12.5. The van der Waals surface area contributed by atoms with Crippen LogP contribution in [0, 0.1) is 0 Å². The first-order valence-electron chi connectivity index (χ1n) is 13.0. The molecule has 39 heavy (non-hydrogen) atoms. The lowest BCUT2D eigenvalue weighted by molar-refractivity contribution is -0.142. The number of thiophene rings is 1. The third-order valence-electron chi connectivity index (χ3n) is 6.98. The summed E-state index contributed by atoms with van der Waals surface area (Å²) in [7, 11) is 0. The van der Waals surface area contributed by atoms with Crippen molar-refractivity contribution in [3.63, 3.8) is 0 Å². The molecule has 4 aromatic carbocycles. The number of nitrogens with zero attached hydrogens (tertiary/aromatic N) is 1. The average molecular weight is 532 g/mol. The third-order valence-corrected chi connectivity index (χ3v) is 8.24. The van der Waals surface area contributed by atoms with Crippen molar-refractivity contribution in [2.45, 2.75) is 19.9 Å². The van der Waals surface area contributed by atoms with E-state index in [4.69, 9.17) is 16.2 Å². The number of hydrogen-bond donors (Lipinski definition) is 2. The van der Waals surface area contributed by atoms with Gasteiger partial charge in [0, 0.05) is 44.6 Å². The van der Waals surface area contributed by atoms with Gasteiger partial charge in [-0.05, 0) is 70.5 Å². The molecule has 0 saturated carbocycles. The van der Waals surface area contributed by atoms with Gasteiger partial charge in [-0.25, -0.2) is 0 Å². The van der Waals surface area contributed by atoms with Gasteiger partial charge in [0.1, 0.15) is 0 Å². The Morgan fingerprint density at radius 2 is 1.56 bits per heavy atom. The standard InChI is InChI=1S/C33H29N3O2S/c1-2-38-32(37)17-24-19-36(30-16-22(12-13-27(24)30)23-14-25(34)18-26(35)15-23)20-29-28-10-6-7-11-31(28)39-33(29)21-8-4-3-5-9-21/h3-16,18-19H,2,17,20,34-35H2,1H3. The van der Waals surface area contributed by atoms with Crippen LogP contribution in [0.1, 0.15) is 18.1 Å². The van der Waals surface area contributed by atoms with Gasteiger partial charge in [0.15, 0.2) is 0 Å². The predicted molar refractivity (Wildman–Crippen MR) is 163 cm³/mol. The fourth-order valence-corrected chi connectivity index (χ4v) is 6.50. The van der Waals surface area contributed by atoms with Crippen LogP contribution in [0.4, 0.5) is 11.4 Å². The Labute approximate surface area is 231 Å². The zero-order valence-corrected chi connectivity index (χ0v) is 22.5. The number of nitrogens with two attached hydrogens (primary N) is 2. The lowest BCUT2D eigenvalue weighted by Crippen LogP contribution is -2.07. The van der Waals surface area contributed by atoms with Gasteiger partial charge in [0.05, 0.1) is 13.0 Å². The Hall–Kier alpha value is -4.55. The van der Waals surface area contributed by atoms with Crippen LogP contribution in [0.3, 0.4) is 0 Å². The van der Waals surface area contributed by atoms with Crippen molar-refractivity contribution in [1.82, 2.24) is 4.57 Å². The third kappa shape index (κ3) is 4.87. The maximum absolute atomic E-state index is 12.5. The number of ether oxygens (including phenoxy) is 1. The van der Waals surface area contributed by atoms with Crippen LogP contribution < -0.4 is 11.5 Å². The summed E-state index contributed by atoms with van der Waals surface area (Å²) in [5.41, 5.74) is 19.9. The SMILES string of the molecule is CCOC(=O)Cc1cn(Cc2c(-c3ccccc3)sc3ccccc23)c2cc(-c3cc(N)cc(N)c3)ccc12. The van der Waals surface area contributed by atoms with Gasteiger partial charge in [-0.15, -0.1) is 11.3 Å². The molecule has 0 radical (unpaired) electrons. The van der Waals surface area contributed by atoms with E-state index in [1.54, 1.807) is 6.07 Å². The Bertz CT molecular complexity index is 1800. The summed E-state index contributed by atoms with van der Waals surface area (Å²) in [5, 5.41) is 2.28. The van der Waals surface area contributed by atoms with Crippen LogP contribution in [-0.2, 0) is 22.5 Å². The highest BCUT2D eigenvalue weighted by Gasteiger charge is 2.18. The van der Waals surface area contributed by atoms with E-state index in [2.05, 4.69) is 77.5 Å². The van der Waals surface area contributed by atoms with Gasteiger partial charge in [0.2, 0.25) is 0 Å². The van der Waals surface area contributed by atoms with Crippen LogP contribution in [0.5, 0.6) is 0 Å². The van der Waals surface area contributed by atoms with Gasteiger partial charge in [-0.3, -0.25) is 4.79 Å². The number of carbonyl (C=O) groups excluding carboxylic acids is 1. The molecule has 0 saturated heterocycles. The number of nitrogen functional groups attached to an aromatic ring is 2. The lowest BCUT2D eigenvalue weighted by Gasteiger charge is -2.10. The topological polar surface area (TPSA) is 83.3 Å². The number of anilines is 2. The molecule has 0 amide bonds. The number of fused-ring (bicyclic) bond motifs is 2. The zero-order chi connectivity index (χ0) is 26.9. The van der Waals surface area contributed by atoms with Crippen LogP contribution in [-0.4, -0.2) is 17.1 Å². The average Bonchev–Trinajstić information content (AvgIpc) is 3.47. The molecule has 2 aromatic heterocycles. The molecule has 2 heterocycles. The second kappa shape index (κ2) is 10.3. The van der Waals surface area contributed by atoms with E-state index in [0.29, 0.717) is 24.5 Å². The highest BCUT2D eigenvalue weighted by molar-refractivity contribution is 7.22. The first kappa shape index (κ1) is 24.8. The van der Waals surface area contributed by atoms with Crippen LogP contribution in [0.25, 0.3) is 42.6 Å². The van der Waals surface area contributed by atoms with Gasteiger partial charge in [-0.2, -0.15) is 0 Å². The molecule has 6 aromatic rings. The van der Waals surface area contributed by atoms with Gasteiger partial charge in [-0.1, -0.05) is 60.7 Å². The van der Waals surface area contributed by atoms with E-state index in [1.165, 1.54) is 26.1 Å². The molecular weight excluding hydrogens is 502 g/mol. The minimum Gasteiger partial charge on any atom is -0.466 e. The minimum absolute atomic E-state index is 0.220. The Kier molecular flexibility index (Phi) is 6.55. The summed E-state index contributed by atoms with van der Waals surface area (Å²) in [6, 6.07) is 31.0. The summed E-state index contributed by atoms with van der Waals surface area (Å²) in [6.07, 6.45) is 2.32. The van der Waals surface area contributed by atoms with Crippen molar-refractivity contribution < 1.29 is 9.53 Å². The van der Waals surface area contributed by atoms with Gasteiger partial charge < -0.3 is 20.8 Å². The number of carbonyl (C=O) groups is 1. The summed E-state index contributed by atoms with van der Waals surface area (Å²) < 4.78 is 8.80. The maximum Gasteiger partial charge on any atom is 0.310 e. The predicted octanol–water partition coefficient (Wildman–Crippen LogP) is 7.51. The van der Waals surface area contributed by atoms with E-state index in [-0.39, 0.29) is 12.4 Å². The number of aromatic nitrogens is 1. The van der Waals surface area contributed by atoms with Crippen molar-refractivity contribution >= 4 is 49.7 Å². The van der Waals surface area contributed by atoms with Crippen molar-refractivity contribution in [1.29, 1.82) is 0 Å². The highest BCUT2D eigenvalue weighted by Crippen LogP contribution is 2.40. The Morgan fingerprint density at radius 1 is 0.821 bits per heavy atom. The Morgan fingerprint density at radius 3 is 2.33 bits per heavy atom. The van der Waals surface area contributed by atoms with Crippen molar-refractivity contribution in [3.8, 4) is 21.6 Å². The second-order valence-electron chi connectivity index (χ2n) is 9.66. The first-order valence-corrected chi connectivity index (χ1v) is 13.8. The number of benzene rings is 4. The largest absolute Gasteiger partial charge is 0.466 e. The van der Waals surface area contributed by atoms with E-state index < -0.39 is 0 Å². The summed E-state index contributed by atoms with van der Waals surface area (Å²) in [4.78, 5) is 13.8. The normalized spacial score (nSPS) is 11.3. The molecule has 5 nitrogen and oxygen atoms in total. The molecule has 4 N–H and O–H groups in total. The first-order chi connectivity index (χ1) is 19.0. The Balaban J connectivity index is 1.52. The van der Waals surface area contributed by atoms with Crippen molar-refractivity contribution in [2.24, 2.45) is 0 Å². The molecular formula is C33H29N3O2S. The molecule has 0 atom stereocenters. The minimum atomic E-state index is -0.227. The lowest BCUT2D eigenvalue weighted by atomic mass is 10.0. The van der Waals surface area contributed by atoms with Crippen molar-refractivity contribution in [2.75, 3.05) is 18.1 Å². The summed E-state index contributed by atoms with van der Waals surface area (Å²) >= 11 is 1.81. The molecule has 0 bridgehead atoms. The molecule has 6 rings (SSSR count). The second-order valence-corrected chi connectivity index (χ2v) is 10.7. The number of esters is 1. The molecule has 0 spiro atoms. The fraction of sp³-hybridized carbons (Fsp3) is 0.121. The van der Waals surface area contributed by atoms with Crippen molar-refractivity contribution in [3.05, 3.63) is 108 Å². The smallest absolute Gasteiger partial charge is 0.310 e. The highest BCUT2D eigenvalue weighted by atomic mass is 32.1. The molecule has 0 fully saturated rings. The van der Waals surface area contributed by atoms with Crippen LogP contribution in [0.15, 0.2) is 97.2 Å². The quantitative estimate of drug-likeness (QED) is 0.165. The van der Waals surface area contributed by atoms with Gasteiger partial charge in [0.25, 0.3) is 0 Å². The number of rotatable bonds is 7. The van der Waals surface area contributed by atoms with Crippen LogP contribution in [0.2, 0.25) is 0 Å². The molecule has 6 heteroatoms. The molecule has 0 aliphatic heterocycles. The van der Waals surface area contributed by atoms with Crippen LogP contribution >= 0.6 is 11.3 Å². The van der Waals surface area contributed by atoms with E-state index in [9.17, 15) is 4.79 Å². The van der Waals surface area contributed by atoms with Gasteiger partial charge >= 0.3 is 5.97 Å². The fourth-order valence-electron chi connectivity index (χ4n) is 5.28. The number of hydrogen-bond acceptors (Lipinski definition) is 5. The molecule has 0 aliphatic carbocycles. The summed E-state index contributed by atoms with van der Waals surface area (Å²) in [5.74, 6) is -0.227. The van der Waals surface area contributed by atoms with E-state index in [1.807, 2.05) is 36.5 Å². The zero-order valence-electron chi connectivity index (χ0n) is 21.7. The monoisotopic (exact) mass is 531 g/mol. The summed E-state index contributed by atoms with van der Waals surface area (Å²) in [6.45, 7) is 2.85. The molecule has 0 aliphatic rings. The van der Waals surface area contributed by atoms with E-state index >= 15 is 0 Å². The molecule has 194 valence electrons. The van der Waals surface area contributed by atoms with E-state index in [0.717, 1.165) is 27.6 Å².